The summed E-state index contributed by atoms with van der Waals surface area (Å²) in [6.45, 7) is 0.643. The molecule has 2 rings (SSSR count). The number of hydrogen-bond acceptors (Lipinski definition) is 3. The van der Waals surface area contributed by atoms with E-state index < -0.39 is 23.5 Å². The number of alkyl halides is 3. The van der Waals surface area contributed by atoms with Crippen LogP contribution in [0.25, 0.3) is 0 Å². The summed E-state index contributed by atoms with van der Waals surface area (Å²) in [6, 6.07) is 1.74. The van der Waals surface area contributed by atoms with Crippen LogP contribution >= 0.6 is 0 Å². The van der Waals surface area contributed by atoms with Crippen molar-refractivity contribution in [1.29, 1.82) is 0 Å². The molecule has 1 fully saturated rings. The van der Waals surface area contributed by atoms with Crippen LogP contribution in [0.5, 0.6) is 0 Å². The number of amides is 2. The molecular formula is C14H15F4N3O2. The summed E-state index contributed by atoms with van der Waals surface area (Å²) in [5.74, 6) is -2.09. The minimum absolute atomic E-state index is 0.146. The van der Waals surface area contributed by atoms with Gasteiger partial charge in [0.1, 0.15) is 5.82 Å². The van der Waals surface area contributed by atoms with Crippen molar-refractivity contribution in [1.82, 2.24) is 9.80 Å². The quantitative estimate of drug-likeness (QED) is 0.824. The van der Waals surface area contributed by atoms with Crippen LogP contribution in [0, 0.1) is 5.82 Å². The van der Waals surface area contributed by atoms with Crippen molar-refractivity contribution in [2.24, 2.45) is 5.73 Å². The van der Waals surface area contributed by atoms with Gasteiger partial charge in [-0.3, -0.25) is 9.59 Å². The van der Waals surface area contributed by atoms with Gasteiger partial charge in [-0.05, 0) is 18.2 Å². The van der Waals surface area contributed by atoms with Gasteiger partial charge in [-0.1, -0.05) is 0 Å². The fraction of sp³-hybridized carbons (Fsp3) is 0.429. The Morgan fingerprint density at radius 1 is 1.04 bits per heavy atom. The van der Waals surface area contributed by atoms with Crippen molar-refractivity contribution < 1.29 is 27.2 Å². The molecule has 9 heteroatoms. The number of halogens is 4. The molecule has 1 aromatic rings. The number of rotatable bonds is 2. The van der Waals surface area contributed by atoms with E-state index in [-0.39, 0.29) is 44.2 Å². The standard InChI is InChI=1S/C14H15F4N3O2/c15-11-6-9(5-10(7-11)14(16,17)18)13(23)21-3-1-20(2-4-21)12(22)8-19/h5-7H,1-4,8,19H2. The topological polar surface area (TPSA) is 66.6 Å². The maximum absolute atomic E-state index is 13.4. The van der Waals surface area contributed by atoms with Crippen LogP contribution in [0.3, 0.4) is 0 Å². The number of carbonyl (C=O) groups is 2. The van der Waals surface area contributed by atoms with Crippen LogP contribution in [0.15, 0.2) is 18.2 Å². The molecule has 0 unspecified atom stereocenters. The zero-order valence-electron chi connectivity index (χ0n) is 12.1. The molecule has 5 nitrogen and oxygen atoms in total. The highest BCUT2D eigenvalue weighted by molar-refractivity contribution is 5.94. The maximum Gasteiger partial charge on any atom is 0.416 e. The SMILES string of the molecule is NCC(=O)N1CCN(C(=O)c2cc(F)cc(C(F)(F)F)c2)CC1. The second kappa shape index (κ2) is 6.53. The molecule has 2 amide bonds. The first-order valence-electron chi connectivity index (χ1n) is 6.87. The molecule has 126 valence electrons. The molecule has 0 aliphatic carbocycles. The van der Waals surface area contributed by atoms with Crippen LogP contribution in [-0.4, -0.2) is 54.3 Å². The van der Waals surface area contributed by atoms with Gasteiger partial charge >= 0.3 is 6.18 Å². The van der Waals surface area contributed by atoms with E-state index in [1.54, 1.807) is 0 Å². The lowest BCUT2D eigenvalue weighted by molar-refractivity contribution is -0.137. The van der Waals surface area contributed by atoms with E-state index in [1.165, 1.54) is 9.80 Å². The highest BCUT2D eigenvalue weighted by Crippen LogP contribution is 2.30. The summed E-state index contributed by atoms with van der Waals surface area (Å²) in [7, 11) is 0. The predicted molar refractivity (Wildman–Crippen MR) is 72.9 cm³/mol. The van der Waals surface area contributed by atoms with E-state index in [2.05, 4.69) is 0 Å². The summed E-state index contributed by atoms with van der Waals surface area (Å²) in [5.41, 5.74) is 3.67. The molecule has 1 aliphatic heterocycles. The van der Waals surface area contributed by atoms with Gasteiger partial charge in [0.25, 0.3) is 5.91 Å². The van der Waals surface area contributed by atoms with Crippen LogP contribution in [-0.2, 0) is 11.0 Å². The Bertz CT molecular complexity index is 611. The number of piperazine rings is 1. The fourth-order valence-electron chi connectivity index (χ4n) is 2.35. The first kappa shape index (κ1) is 17.2. The van der Waals surface area contributed by atoms with Crippen molar-refractivity contribution in [2.45, 2.75) is 6.18 Å². The normalized spacial score (nSPS) is 15.7. The second-order valence-electron chi connectivity index (χ2n) is 5.10. The van der Waals surface area contributed by atoms with Crippen molar-refractivity contribution >= 4 is 11.8 Å². The summed E-state index contributed by atoms with van der Waals surface area (Å²) < 4.78 is 51.4. The number of benzene rings is 1. The lowest BCUT2D eigenvalue weighted by atomic mass is 10.1. The summed E-state index contributed by atoms with van der Waals surface area (Å²) in [4.78, 5) is 26.4. The summed E-state index contributed by atoms with van der Waals surface area (Å²) >= 11 is 0. The van der Waals surface area contributed by atoms with Crippen LogP contribution in [0.2, 0.25) is 0 Å². The zero-order chi connectivity index (χ0) is 17.2. The fourth-order valence-corrected chi connectivity index (χ4v) is 2.35. The number of nitrogens with two attached hydrogens (primary N) is 1. The molecular weight excluding hydrogens is 318 g/mol. The molecule has 1 heterocycles. The zero-order valence-corrected chi connectivity index (χ0v) is 12.1. The molecule has 1 saturated heterocycles. The molecule has 0 spiro atoms. The molecule has 23 heavy (non-hydrogen) atoms. The van der Waals surface area contributed by atoms with E-state index in [0.29, 0.717) is 12.1 Å². The van der Waals surface area contributed by atoms with E-state index in [1.807, 2.05) is 0 Å². The molecule has 0 aromatic heterocycles. The lowest BCUT2D eigenvalue weighted by Gasteiger charge is -2.34. The smallest absolute Gasteiger partial charge is 0.338 e. The summed E-state index contributed by atoms with van der Waals surface area (Å²) in [6.07, 6.45) is -4.73. The third kappa shape index (κ3) is 3.98. The Morgan fingerprint density at radius 2 is 1.61 bits per heavy atom. The molecule has 0 saturated carbocycles. The minimum Gasteiger partial charge on any atom is -0.338 e. The third-order valence-electron chi connectivity index (χ3n) is 3.57. The van der Waals surface area contributed by atoms with Gasteiger partial charge in [-0.2, -0.15) is 13.2 Å². The van der Waals surface area contributed by atoms with Gasteiger partial charge < -0.3 is 15.5 Å². The Balaban J connectivity index is 2.13. The van der Waals surface area contributed by atoms with Gasteiger partial charge in [-0.15, -0.1) is 0 Å². The predicted octanol–water partition coefficient (Wildman–Crippen LogP) is 1.09. The van der Waals surface area contributed by atoms with E-state index in [9.17, 15) is 27.2 Å². The van der Waals surface area contributed by atoms with E-state index in [0.717, 1.165) is 6.07 Å². The average molecular weight is 333 g/mol. The Kier molecular flexibility index (Phi) is 4.88. The Hall–Kier alpha value is -2.16. The molecule has 0 radical (unpaired) electrons. The molecule has 1 aromatic carbocycles. The van der Waals surface area contributed by atoms with Gasteiger partial charge in [0, 0.05) is 31.7 Å². The minimum atomic E-state index is -4.73. The number of hydrogen-bond donors (Lipinski definition) is 1. The van der Waals surface area contributed by atoms with Crippen LogP contribution in [0.4, 0.5) is 17.6 Å². The number of nitrogens with zero attached hydrogens (tertiary/aromatic N) is 2. The van der Waals surface area contributed by atoms with E-state index in [4.69, 9.17) is 5.73 Å². The molecule has 1 aliphatic rings. The number of carbonyl (C=O) groups excluding carboxylic acids is 2. The van der Waals surface area contributed by atoms with Crippen molar-refractivity contribution in [3.63, 3.8) is 0 Å². The van der Waals surface area contributed by atoms with Crippen LogP contribution < -0.4 is 5.73 Å². The highest BCUT2D eigenvalue weighted by Gasteiger charge is 2.33. The van der Waals surface area contributed by atoms with Gasteiger partial charge in [0.15, 0.2) is 0 Å². The Labute approximate surface area is 129 Å². The monoisotopic (exact) mass is 333 g/mol. The molecule has 2 N–H and O–H groups in total. The lowest BCUT2D eigenvalue weighted by Crippen LogP contribution is -2.51. The largest absolute Gasteiger partial charge is 0.416 e. The first-order valence-corrected chi connectivity index (χ1v) is 6.87. The van der Waals surface area contributed by atoms with Gasteiger partial charge in [-0.25, -0.2) is 4.39 Å². The Morgan fingerprint density at radius 3 is 2.13 bits per heavy atom. The van der Waals surface area contributed by atoms with Crippen LogP contribution in [0.1, 0.15) is 15.9 Å². The maximum atomic E-state index is 13.4. The first-order chi connectivity index (χ1) is 10.7. The van der Waals surface area contributed by atoms with E-state index >= 15 is 0 Å². The second-order valence-corrected chi connectivity index (χ2v) is 5.10. The van der Waals surface area contributed by atoms with Gasteiger partial charge in [0.05, 0.1) is 12.1 Å². The van der Waals surface area contributed by atoms with Crippen molar-refractivity contribution in [3.8, 4) is 0 Å². The third-order valence-corrected chi connectivity index (χ3v) is 3.57. The summed E-state index contributed by atoms with van der Waals surface area (Å²) in [5, 5.41) is 0. The van der Waals surface area contributed by atoms with Crippen molar-refractivity contribution in [2.75, 3.05) is 32.7 Å². The average Bonchev–Trinajstić information content (AvgIpc) is 2.52. The highest BCUT2D eigenvalue weighted by atomic mass is 19.4. The molecule has 0 bridgehead atoms. The van der Waals surface area contributed by atoms with Gasteiger partial charge in [0.2, 0.25) is 5.91 Å². The van der Waals surface area contributed by atoms with Crippen molar-refractivity contribution in [3.05, 3.63) is 35.1 Å². The molecule has 0 atom stereocenters.